The van der Waals surface area contributed by atoms with E-state index in [1.165, 1.54) is 38.2 Å². The molecule has 2 aromatic rings. The zero-order valence-electron chi connectivity index (χ0n) is 14.1. The van der Waals surface area contributed by atoms with Crippen molar-refractivity contribution in [1.29, 1.82) is 0 Å². The van der Waals surface area contributed by atoms with Crippen LogP contribution in [0, 0.1) is 18.8 Å². The Morgan fingerprint density at radius 1 is 1.13 bits per heavy atom. The van der Waals surface area contributed by atoms with Crippen LogP contribution in [0.2, 0.25) is 0 Å². The second-order valence-electron chi connectivity index (χ2n) is 7.27. The number of hydrogen-bond donors (Lipinski definition) is 0. The summed E-state index contributed by atoms with van der Waals surface area (Å²) in [6, 6.07) is 4.18. The molecule has 124 valence electrons. The summed E-state index contributed by atoms with van der Waals surface area (Å²) in [4.78, 5) is 5.17. The van der Waals surface area contributed by atoms with Crippen LogP contribution >= 0.6 is 0 Å². The molecule has 4 heterocycles. The van der Waals surface area contributed by atoms with Crippen LogP contribution in [0.15, 0.2) is 28.9 Å². The molecule has 0 aliphatic carbocycles. The maximum Gasteiger partial charge on any atom is 0.118 e. The molecular weight excluding hydrogens is 288 g/mol. The van der Waals surface area contributed by atoms with Crippen LogP contribution < -0.4 is 0 Å². The first kappa shape index (κ1) is 15.0. The average molecular weight is 314 g/mol. The lowest BCUT2D eigenvalue weighted by Gasteiger charge is -2.34. The zero-order chi connectivity index (χ0) is 15.8. The van der Waals surface area contributed by atoms with Gasteiger partial charge >= 0.3 is 0 Å². The van der Waals surface area contributed by atoms with Gasteiger partial charge in [-0.3, -0.25) is 14.5 Å². The number of aryl methyl sites for hydroxylation is 2. The molecule has 2 aliphatic heterocycles. The molecule has 0 aromatic carbocycles. The van der Waals surface area contributed by atoms with E-state index < -0.39 is 0 Å². The number of nitrogens with zero attached hydrogens (tertiary/aromatic N) is 4. The first-order chi connectivity index (χ1) is 11.2. The maximum atomic E-state index is 5.74. The minimum Gasteiger partial charge on any atom is -0.465 e. The van der Waals surface area contributed by atoms with E-state index in [4.69, 9.17) is 4.42 Å². The summed E-state index contributed by atoms with van der Waals surface area (Å²) in [6.45, 7) is 8.87. The molecule has 2 saturated heterocycles. The SMILES string of the molecule is Cc1ccc(CN2C[C@H]3CCN(Cc4cnn(C)c4)C[C@H]3C2)o1. The van der Waals surface area contributed by atoms with Crippen LogP contribution in [0.4, 0.5) is 0 Å². The molecule has 5 nitrogen and oxygen atoms in total. The van der Waals surface area contributed by atoms with Gasteiger partial charge in [0, 0.05) is 45.0 Å². The number of furan rings is 1. The van der Waals surface area contributed by atoms with E-state index in [0.717, 1.165) is 36.4 Å². The summed E-state index contributed by atoms with van der Waals surface area (Å²) in [5.41, 5.74) is 1.33. The van der Waals surface area contributed by atoms with Crippen LogP contribution in [-0.2, 0) is 20.1 Å². The van der Waals surface area contributed by atoms with Crippen LogP contribution in [-0.4, -0.2) is 45.8 Å². The summed E-state index contributed by atoms with van der Waals surface area (Å²) in [5.74, 6) is 3.78. The van der Waals surface area contributed by atoms with Gasteiger partial charge in [0.15, 0.2) is 0 Å². The molecule has 5 heteroatoms. The highest BCUT2D eigenvalue weighted by atomic mass is 16.3. The van der Waals surface area contributed by atoms with Gasteiger partial charge in [0.05, 0.1) is 12.7 Å². The van der Waals surface area contributed by atoms with Gasteiger partial charge in [-0.2, -0.15) is 5.10 Å². The molecule has 0 spiro atoms. The lowest BCUT2D eigenvalue weighted by atomic mass is 9.88. The molecule has 2 aliphatic rings. The molecule has 0 radical (unpaired) electrons. The van der Waals surface area contributed by atoms with E-state index in [-0.39, 0.29) is 0 Å². The molecule has 2 atom stereocenters. The fourth-order valence-electron chi connectivity index (χ4n) is 4.22. The lowest BCUT2D eigenvalue weighted by Crippen LogP contribution is -2.39. The van der Waals surface area contributed by atoms with E-state index in [1.807, 2.05) is 24.9 Å². The van der Waals surface area contributed by atoms with Crippen molar-refractivity contribution in [3.63, 3.8) is 0 Å². The molecule has 0 amide bonds. The van der Waals surface area contributed by atoms with Crippen molar-refractivity contribution >= 4 is 0 Å². The topological polar surface area (TPSA) is 37.4 Å². The number of piperidine rings is 1. The standard InChI is InChI=1S/C18H26N4O/c1-14-3-4-18(23-14)13-22-10-16-5-6-21(11-17(16)12-22)9-15-7-19-20(2)8-15/h3-4,7-8,16-17H,5-6,9-13H2,1-2H3/t16-,17+/m1/s1. The van der Waals surface area contributed by atoms with Crippen molar-refractivity contribution in [2.75, 3.05) is 26.2 Å². The van der Waals surface area contributed by atoms with Crippen molar-refractivity contribution in [2.24, 2.45) is 18.9 Å². The Labute approximate surface area is 137 Å². The first-order valence-electron chi connectivity index (χ1n) is 8.63. The normalized spacial score (nSPS) is 25.8. The molecule has 23 heavy (non-hydrogen) atoms. The molecule has 0 N–H and O–H groups in total. The highest BCUT2D eigenvalue weighted by Gasteiger charge is 2.37. The third kappa shape index (κ3) is 3.35. The quantitative estimate of drug-likeness (QED) is 0.868. The molecule has 2 fully saturated rings. The van der Waals surface area contributed by atoms with E-state index in [9.17, 15) is 0 Å². The Balaban J connectivity index is 1.33. The average Bonchev–Trinajstić information content (AvgIpc) is 3.20. The van der Waals surface area contributed by atoms with Gasteiger partial charge in [-0.15, -0.1) is 0 Å². The molecule has 0 unspecified atom stereocenters. The van der Waals surface area contributed by atoms with Gasteiger partial charge in [-0.05, 0) is 43.9 Å². The molecular formula is C18H26N4O. The van der Waals surface area contributed by atoms with Gasteiger partial charge in [-0.1, -0.05) is 0 Å². The van der Waals surface area contributed by atoms with E-state index in [2.05, 4.69) is 33.2 Å². The largest absolute Gasteiger partial charge is 0.465 e. The van der Waals surface area contributed by atoms with E-state index in [1.54, 1.807) is 0 Å². The third-order valence-electron chi connectivity index (χ3n) is 5.30. The van der Waals surface area contributed by atoms with Crippen molar-refractivity contribution in [2.45, 2.75) is 26.4 Å². The Bertz CT molecular complexity index is 621. The van der Waals surface area contributed by atoms with Crippen molar-refractivity contribution in [3.8, 4) is 0 Å². The Morgan fingerprint density at radius 2 is 1.96 bits per heavy atom. The van der Waals surface area contributed by atoms with Gasteiger partial charge in [0.1, 0.15) is 11.5 Å². The summed E-state index contributed by atoms with van der Waals surface area (Å²) < 4.78 is 7.63. The molecule has 4 rings (SSSR count). The highest BCUT2D eigenvalue weighted by molar-refractivity contribution is 5.07. The third-order valence-corrected chi connectivity index (χ3v) is 5.30. The lowest BCUT2D eigenvalue weighted by molar-refractivity contribution is 0.142. The second-order valence-corrected chi connectivity index (χ2v) is 7.27. The fraction of sp³-hybridized carbons (Fsp3) is 0.611. The predicted molar refractivity (Wildman–Crippen MR) is 88.8 cm³/mol. The van der Waals surface area contributed by atoms with Gasteiger partial charge in [0.25, 0.3) is 0 Å². The van der Waals surface area contributed by atoms with Gasteiger partial charge < -0.3 is 4.42 Å². The predicted octanol–water partition coefficient (Wildman–Crippen LogP) is 2.28. The molecule has 0 saturated carbocycles. The van der Waals surface area contributed by atoms with E-state index >= 15 is 0 Å². The minimum atomic E-state index is 0.802. The molecule has 2 aromatic heterocycles. The number of likely N-dealkylation sites (tertiary alicyclic amines) is 2. The maximum absolute atomic E-state index is 5.74. The fourth-order valence-corrected chi connectivity index (χ4v) is 4.22. The number of hydrogen-bond acceptors (Lipinski definition) is 4. The van der Waals surface area contributed by atoms with Crippen molar-refractivity contribution < 1.29 is 4.42 Å². The van der Waals surface area contributed by atoms with Crippen LogP contribution in [0.3, 0.4) is 0 Å². The Morgan fingerprint density at radius 3 is 2.70 bits per heavy atom. The summed E-state index contributed by atoms with van der Waals surface area (Å²) in [5, 5.41) is 4.28. The Hall–Kier alpha value is -1.59. The zero-order valence-corrected chi connectivity index (χ0v) is 14.1. The Kier molecular flexibility index (Phi) is 3.99. The van der Waals surface area contributed by atoms with Crippen molar-refractivity contribution in [1.82, 2.24) is 19.6 Å². The molecule has 0 bridgehead atoms. The number of rotatable bonds is 4. The first-order valence-corrected chi connectivity index (χ1v) is 8.63. The minimum absolute atomic E-state index is 0.802. The van der Waals surface area contributed by atoms with Gasteiger partial charge in [0.2, 0.25) is 0 Å². The van der Waals surface area contributed by atoms with Gasteiger partial charge in [-0.25, -0.2) is 0 Å². The second kappa shape index (κ2) is 6.13. The number of aromatic nitrogens is 2. The van der Waals surface area contributed by atoms with Crippen LogP contribution in [0.5, 0.6) is 0 Å². The van der Waals surface area contributed by atoms with Crippen molar-refractivity contribution in [3.05, 3.63) is 41.6 Å². The summed E-state index contributed by atoms with van der Waals surface area (Å²) in [6.07, 6.45) is 5.44. The summed E-state index contributed by atoms with van der Waals surface area (Å²) in [7, 11) is 1.99. The van der Waals surface area contributed by atoms with Crippen LogP contribution in [0.25, 0.3) is 0 Å². The highest BCUT2D eigenvalue weighted by Crippen LogP contribution is 2.32. The van der Waals surface area contributed by atoms with E-state index in [0.29, 0.717) is 0 Å². The monoisotopic (exact) mass is 314 g/mol. The summed E-state index contributed by atoms with van der Waals surface area (Å²) >= 11 is 0. The smallest absolute Gasteiger partial charge is 0.118 e. The number of fused-ring (bicyclic) bond motifs is 1. The van der Waals surface area contributed by atoms with Crippen LogP contribution in [0.1, 0.15) is 23.5 Å².